The summed E-state index contributed by atoms with van der Waals surface area (Å²) >= 11 is 0. The molecule has 0 aromatic heterocycles. The van der Waals surface area contributed by atoms with E-state index in [1.54, 1.807) is 0 Å². The van der Waals surface area contributed by atoms with Crippen molar-refractivity contribution in [1.82, 2.24) is 10.2 Å². The number of carbonyl (C=O) groups is 1. The molecular formula is C16H29N3O2. The van der Waals surface area contributed by atoms with Gasteiger partial charge in [0.25, 0.3) is 0 Å². The van der Waals surface area contributed by atoms with Crippen LogP contribution in [0.5, 0.6) is 0 Å². The predicted octanol–water partition coefficient (Wildman–Crippen LogP) is 1.02. The van der Waals surface area contributed by atoms with E-state index in [0.29, 0.717) is 18.2 Å². The lowest BCUT2D eigenvalue weighted by atomic mass is 9.77. The van der Waals surface area contributed by atoms with Gasteiger partial charge < -0.3 is 15.8 Å². The number of carbonyl (C=O) groups excluding carboxylic acids is 1. The van der Waals surface area contributed by atoms with Gasteiger partial charge in [-0.25, -0.2) is 0 Å². The number of nitrogens with two attached hydrogens (primary N) is 1. The molecule has 1 saturated heterocycles. The molecule has 120 valence electrons. The Labute approximate surface area is 127 Å². The van der Waals surface area contributed by atoms with Crippen LogP contribution in [0.3, 0.4) is 0 Å². The molecule has 3 rings (SSSR count). The summed E-state index contributed by atoms with van der Waals surface area (Å²) in [6, 6.07) is 1.04. The first-order valence-electron chi connectivity index (χ1n) is 8.58. The van der Waals surface area contributed by atoms with E-state index in [-0.39, 0.29) is 5.91 Å². The zero-order valence-electron chi connectivity index (χ0n) is 13.1. The summed E-state index contributed by atoms with van der Waals surface area (Å²) in [6.45, 7) is 4.69. The topological polar surface area (TPSA) is 67.6 Å². The number of fused-ring (bicyclic) bond motifs is 1. The van der Waals surface area contributed by atoms with Crippen LogP contribution in [-0.2, 0) is 9.53 Å². The number of morpholine rings is 1. The van der Waals surface area contributed by atoms with E-state index in [1.807, 2.05) is 0 Å². The Kier molecular flexibility index (Phi) is 4.52. The molecule has 1 aliphatic heterocycles. The van der Waals surface area contributed by atoms with Crippen molar-refractivity contribution < 1.29 is 9.53 Å². The van der Waals surface area contributed by atoms with Gasteiger partial charge >= 0.3 is 0 Å². The maximum atomic E-state index is 12.0. The van der Waals surface area contributed by atoms with E-state index in [4.69, 9.17) is 10.5 Å². The van der Waals surface area contributed by atoms with Crippen LogP contribution in [0, 0.1) is 0 Å². The van der Waals surface area contributed by atoms with Gasteiger partial charge in [0.2, 0.25) is 5.91 Å². The maximum Gasteiger partial charge on any atom is 0.237 e. The van der Waals surface area contributed by atoms with Crippen molar-refractivity contribution in [3.8, 4) is 0 Å². The average molecular weight is 295 g/mol. The van der Waals surface area contributed by atoms with Gasteiger partial charge in [-0.1, -0.05) is 6.92 Å². The fourth-order valence-corrected chi connectivity index (χ4v) is 4.75. The summed E-state index contributed by atoms with van der Waals surface area (Å²) in [7, 11) is 0. The number of hydrogen-bond donors (Lipinski definition) is 2. The van der Waals surface area contributed by atoms with Crippen molar-refractivity contribution >= 4 is 5.91 Å². The van der Waals surface area contributed by atoms with Crippen LogP contribution in [0.2, 0.25) is 0 Å². The molecule has 2 saturated carbocycles. The van der Waals surface area contributed by atoms with Gasteiger partial charge in [-0.2, -0.15) is 0 Å². The molecule has 0 spiro atoms. The first-order chi connectivity index (χ1) is 10.2. The third-order valence-electron chi connectivity index (χ3n) is 5.71. The minimum absolute atomic E-state index is 0.176. The number of nitrogens with zero attached hydrogens (tertiary/aromatic N) is 1. The molecule has 3 aliphatic rings. The number of rotatable bonds is 4. The zero-order valence-corrected chi connectivity index (χ0v) is 13.1. The zero-order chi connectivity index (χ0) is 14.9. The monoisotopic (exact) mass is 295 g/mol. The normalized spacial score (nSPS) is 40.9. The number of amides is 1. The molecule has 5 nitrogen and oxygen atoms in total. The lowest BCUT2D eigenvalue weighted by Crippen LogP contribution is -2.63. The maximum absolute atomic E-state index is 12.0. The Morgan fingerprint density at radius 1 is 1.38 bits per heavy atom. The van der Waals surface area contributed by atoms with Crippen LogP contribution in [0.1, 0.15) is 51.9 Å². The third-order valence-corrected chi connectivity index (χ3v) is 5.71. The van der Waals surface area contributed by atoms with Crippen LogP contribution in [0.4, 0.5) is 0 Å². The number of primary amides is 1. The molecule has 3 fully saturated rings. The summed E-state index contributed by atoms with van der Waals surface area (Å²) in [5.74, 6) is -0.176. The van der Waals surface area contributed by atoms with Crippen molar-refractivity contribution in [2.45, 2.75) is 75.6 Å². The molecular weight excluding hydrogens is 266 g/mol. The highest BCUT2D eigenvalue weighted by Gasteiger charge is 2.46. The molecule has 5 heteroatoms. The Bertz CT molecular complexity index is 386. The number of likely N-dealkylation sites (N-methyl/N-ethyl adjacent to an activating group) is 1. The molecule has 0 radical (unpaired) electrons. The van der Waals surface area contributed by atoms with E-state index in [0.717, 1.165) is 39.0 Å². The number of ether oxygens (including phenoxy) is 1. The van der Waals surface area contributed by atoms with Gasteiger partial charge in [0.1, 0.15) is 0 Å². The summed E-state index contributed by atoms with van der Waals surface area (Å²) in [5.41, 5.74) is 5.25. The Hall–Kier alpha value is -0.650. The molecule has 0 bridgehead atoms. The number of nitrogens with one attached hydrogen (secondary N) is 1. The second-order valence-electron chi connectivity index (χ2n) is 6.87. The van der Waals surface area contributed by atoms with Gasteiger partial charge in [0.05, 0.1) is 18.2 Å². The summed E-state index contributed by atoms with van der Waals surface area (Å²) in [4.78, 5) is 14.7. The Balaban J connectivity index is 1.74. The molecule has 4 unspecified atom stereocenters. The van der Waals surface area contributed by atoms with E-state index in [2.05, 4.69) is 17.1 Å². The van der Waals surface area contributed by atoms with Gasteiger partial charge in [-0.05, 0) is 51.5 Å². The fourth-order valence-electron chi connectivity index (χ4n) is 4.75. The summed E-state index contributed by atoms with van der Waals surface area (Å²) < 4.78 is 5.92. The lowest BCUT2D eigenvalue weighted by molar-refractivity contribution is -0.128. The fraction of sp³-hybridized carbons (Fsp3) is 0.938. The van der Waals surface area contributed by atoms with Crippen LogP contribution < -0.4 is 11.1 Å². The average Bonchev–Trinajstić information content (AvgIpc) is 2.96. The minimum Gasteiger partial charge on any atom is -0.375 e. The molecule has 3 N–H and O–H groups in total. The smallest absolute Gasteiger partial charge is 0.237 e. The van der Waals surface area contributed by atoms with Crippen molar-refractivity contribution in [2.75, 3.05) is 19.7 Å². The predicted molar refractivity (Wildman–Crippen MR) is 81.9 cm³/mol. The van der Waals surface area contributed by atoms with Crippen molar-refractivity contribution in [1.29, 1.82) is 0 Å². The highest BCUT2D eigenvalue weighted by molar-refractivity contribution is 5.84. The van der Waals surface area contributed by atoms with Crippen LogP contribution >= 0.6 is 0 Å². The lowest BCUT2D eigenvalue weighted by Gasteiger charge is -2.48. The standard InChI is InChI=1S/C16H29N3O2/c1-2-18-16(15(17)20)8-4-5-12(11-16)19-9-10-21-14-7-3-6-13(14)19/h12-14,18H,2-11H2,1H3,(H2,17,20). The van der Waals surface area contributed by atoms with Crippen LogP contribution in [0.15, 0.2) is 0 Å². The molecule has 0 aromatic rings. The van der Waals surface area contributed by atoms with Gasteiger partial charge in [0.15, 0.2) is 0 Å². The van der Waals surface area contributed by atoms with E-state index >= 15 is 0 Å². The van der Waals surface area contributed by atoms with Crippen LogP contribution in [0.25, 0.3) is 0 Å². The highest BCUT2D eigenvalue weighted by atomic mass is 16.5. The molecule has 0 aromatic carbocycles. The Morgan fingerprint density at radius 2 is 2.24 bits per heavy atom. The highest BCUT2D eigenvalue weighted by Crippen LogP contribution is 2.37. The van der Waals surface area contributed by atoms with E-state index < -0.39 is 5.54 Å². The van der Waals surface area contributed by atoms with Crippen LogP contribution in [-0.4, -0.2) is 54.2 Å². The van der Waals surface area contributed by atoms with Crippen molar-refractivity contribution in [2.24, 2.45) is 5.73 Å². The first-order valence-corrected chi connectivity index (χ1v) is 8.58. The van der Waals surface area contributed by atoms with E-state index in [1.165, 1.54) is 25.7 Å². The molecule has 1 amide bonds. The second kappa shape index (κ2) is 6.23. The number of hydrogen-bond acceptors (Lipinski definition) is 4. The minimum atomic E-state index is -0.496. The first kappa shape index (κ1) is 15.3. The summed E-state index contributed by atoms with van der Waals surface area (Å²) in [5, 5.41) is 3.39. The second-order valence-corrected chi connectivity index (χ2v) is 6.87. The molecule has 2 aliphatic carbocycles. The van der Waals surface area contributed by atoms with E-state index in [9.17, 15) is 4.79 Å². The molecule has 4 atom stereocenters. The third kappa shape index (κ3) is 2.83. The van der Waals surface area contributed by atoms with Gasteiger partial charge in [0, 0.05) is 18.6 Å². The van der Waals surface area contributed by atoms with Gasteiger partial charge in [-0.15, -0.1) is 0 Å². The van der Waals surface area contributed by atoms with Crippen molar-refractivity contribution in [3.05, 3.63) is 0 Å². The Morgan fingerprint density at radius 3 is 3.00 bits per heavy atom. The molecule has 1 heterocycles. The summed E-state index contributed by atoms with van der Waals surface area (Å²) in [6.07, 6.45) is 8.13. The molecule has 21 heavy (non-hydrogen) atoms. The largest absolute Gasteiger partial charge is 0.375 e. The quantitative estimate of drug-likeness (QED) is 0.812. The SMILES string of the molecule is CCNC1(C(N)=O)CCCC(N2CCOC3CCCC32)C1. The van der Waals surface area contributed by atoms with Crippen molar-refractivity contribution in [3.63, 3.8) is 0 Å². The van der Waals surface area contributed by atoms with Gasteiger partial charge in [-0.3, -0.25) is 9.69 Å².